The number of hydrogen-bond donors (Lipinski definition) is 2. The standard InChI is InChI=1S/C15H15ClN4O5/c1-9-5-13(20-25-9)19-15(22)8-24-17-7-14(21)18-11-6-10(16)3-4-12(11)23-2/h3-7H,8H2,1-2H3,(H,18,21)(H,19,20,22)/b17-7-. The van der Waals surface area contributed by atoms with Crippen molar-refractivity contribution in [3.63, 3.8) is 0 Å². The van der Waals surface area contributed by atoms with Crippen LogP contribution in [-0.2, 0) is 14.4 Å². The van der Waals surface area contributed by atoms with Crippen LogP contribution < -0.4 is 15.4 Å². The van der Waals surface area contributed by atoms with Gasteiger partial charge >= 0.3 is 0 Å². The van der Waals surface area contributed by atoms with E-state index in [0.29, 0.717) is 22.2 Å². The molecule has 25 heavy (non-hydrogen) atoms. The van der Waals surface area contributed by atoms with E-state index in [1.54, 1.807) is 25.1 Å². The molecule has 0 atom stereocenters. The van der Waals surface area contributed by atoms with Gasteiger partial charge in [0, 0.05) is 11.1 Å². The Morgan fingerprint density at radius 1 is 1.36 bits per heavy atom. The molecule has 132 valence electrons. The van der Waals surface area contributed by atoms with Gasteiger partial charge in [0.15, 0.2) is 12.4 Å². The number of carbonyl (C=O) groups is 2. The normalized spacial score (nSPS) is 10.5. The van der Waals surface area contributed by atoms with Gasteiger partial charge in [-0.05, 0) is 25.1 Å². The zero-order chi connectivity index (χ0) is 18.2. The lowest BCUT2D eigenvalue weighted by molar-refractivity contribution is -0.120. The highest BCUT2D eigenvalue weighted by molar-refractivity contribution is 6.33. The predicted molar refractivity (Wildman–Crippen MR) is 90.9 cm³/mol. The molecule has 1 aromatic heterocycles. The quantitative estimate of drug-likeness (QED) is 0.573. The summed E-state index contributed by atoms with van der Waals surface area (Å²) >= 11 is 5.87. The van der Waals surface area contributed by atoms with Crippen molar-refractivity contribution in [3.8, 4) is 5.75 Å². The number of hydrogen-bond acceptors (Lipinski definition) is 7. The van der Waals surface area contributed by atoms with Gasteiger partial charge in [0.25, 0.3) is 11.8 Å². The van der Waals surface area contributed by atoms with Crippen LogP contribution in [-0.4, -0.2) is 36.9 Å². The highest BCUT2D eigenvalue weighted by Gasteiger charge is 2.08. The number of rotatable bonds is 7. The molecular weight excluding hydrogens is 352 g/mol. The van der Waals surface area contributed by atoms with Crippen molar-refractivity contribution in [2.75, 3.05) is 24.4 Å². The molecule has 2 N–H and O–H groups in total. The smallest absolute Gasteiger partial charge is 0.270 e. The van der Waals surface area contributed by atoms with Gasteiger partial charge < -0.3 is 24.7 Å². The van der Waals surface area contributed by atoms with Gasteiger partial charge in [0.1, 0.15) is 17.7 Å². The summed E-state index contributed by atoms with van der Waals surface area (Å²) in [5.41, 5.74) is 0.380. The number of benzene rings is 1. The Kier molecular flexibility index (Phi) is 6.35. The molecule has 10 heteroatoms. The molecule has 0 radical (unpaired) electrons. The molecule has 0 aliphatic carbocycles. The number of methoxy groups -OCH3 is 1. The van der Waals surface area contributed by atoms with E-state index < -0.39 is 18.4 Å². The number of aromatic nitrogens is 1. The lowest BCUT2D eigenvalue weighted by Crippen LogP contribution is -2.18. The zero-order valence-corrected chi connectivity index (χ0v) is 14.2. The third kappa shape index (κ3) is 5.81. The van der Waals surface area contributed by atoms with Gasteiger partial charge in [-0.2, -0.15) is 0 Å². The second kappa shape index (κ2) is 8.69. The summed E-state index contributed by atoms with van der Waals surface area (Å²) in [7, 11) is 1.46. The summed E-state index contributed by atoms with van der Waals surface area (Å²) in [4.78, 5) is 28.1. The van der Waals surface area contributed by atoms with E-state index >= 15 is 0 Å². The van der Waals surface area contributed by atoms with E-state index in [1.165, 1.54) is 13.2 Å². The molecule has 1 heterocycles. The number of nitrogens with zero attached hydrogens (tertiary/aromatic N) is 2. The molecule has 0 spiro atoms. The molecule has 2 amide bonds. The Balaban J connectivity index is 1.79. The molecule has 1 aromatic carbocycles. The fraction of sp³-hybridized carbons (Fsp3) is 0.200. The SMILES string of the molecule is COc1ccc(Cl)cc1NC(=O)/C=N\OCC(=O)Nc1cc(C)on1. The van der Waals surface area contributed by atoms with Gasteiger partial charge in [-0.15, -0.1) is 0 Å². The molecule has 2 aromatic rings. The molecule has 0 aliphatic heterocycles. The average Bonchev–Trinajstić information content (AvgIpc) is 2.96. The predicted octanol–water partition coefficient (Wildman–Crippen LogP) is 2.22. The first-order valence-electron chi connectivity index (χ1n) is 7.01. The molecule has 2 rings (SSSR count). The molecule has 0 fully saturated rings. The number of carbonyl (C=O) groups excluding carboxylic acids is 2. The number of anilines is 2. The van der Waals surface area contributed by atoms with Crippen molar-refractivity contribution in [2.24, 2.45) is 5.16 Å². The van der Waals surface area contributed by atoms with Crippen LogP contribution in [0.1, 0.15) is 5.76 Å². The maximum absolute atomic E-state index is 11.8. The van der Waals surface area contributed by atoms with Crippen LogP contribution in [0.5, 0.6) is 5.75 Å². The summed E-state index contributed by atoms with van der Waals surface area (Å²) in [6.07, 6.45) is 0.883. The van der Waals surface area contributed by atoms with E-state index in [4.69, 9.17) is 25.7 Å². The van der Waals surface area contributed by atoms with Crippen LogP contribution in [0.2, 0.25) is 5.02 Å². The Hall–Kier alpha value is -3.07. The Morgan fingerprint density at radius 2 is 2.16 bits per heavy atom. The van der Waals surface area contributed by atoms with Gasteiger partial charge in [-0.1, -0.05) is 21.9 Å². The summed E-state index contributed by atoms with van der Waals surface area (Å²) in [6.45, 7) is 1.30. The van der Waals surface area contributed by atoms with Gasteiger partial charge in [-0.25, -0.2) is 0 Å². The molecule has 0 bridgehead atoms. The van der Waals surface area contributed by atoms with Crippen molar-refractivity contribution in [3.05, 3.63) is 35.0 Å². The van der Waals surface area contributed by atoms with Crippen molar-refractivity contribution in [2.45, 2.75) is 6.92 Å². The van der Waals surface area contributed by atoms with Crippen LogP contribution >= 0.6 is 11.6 Å². The number of ether oxygens (including phenoxy) is 1. The summed E-state index contributed by atoms with van der Waals surface area (Å²) in [5, 5.41) is 12.4. The van der Waals surface area contributed by atoms with E-state index in [0.717, 1.165) is 6.21 Å². The first-order valence-corrected chi connectivity index (χ1v) is 7.38. The largest absolute Gasteiger partial charge is 0.495 e. The number of nitrogens with one attached hydrogen (secondary N) is 2. The number of halogens is 1. The van der Waals surface area contributed by atoms with Gasteiger partial charge in [-0.3, -0.25) is 9.59 Å². The van der Waals surface area contributed by atoms with Gasteiger partial charge in [0.2, 0.25) is 0 Å². The van der Waals surface area contributed by atoms with E-state index in [9.17, 15) is 9.59 Å². The third-order valence-corrected chi connectivity index (χ3v) is 2.99. The first kappa shape index (κ1) is 18.3. The van der Waals surface area contributed by atoms with E-state index in [2.05, 4.69) is 20.9 Å². The monoisotopic (exact) mass is 366 g/mol. The lowest BCUT2D eigenvalue weighted by atomic mass is 10.3. The van der Waals surface area contributed by atoms with Crippen LogP contribution in [0.3, 0.4) is 0 Å². The minimum Gasteiger partial charge on any atom is -0.495 e. The second-order valence-electron chi connectivity index (χ2n) is 4.71. The van der Waals surface area contributed by atoms with E-state index in [1.807, 2.05) is 0 Å². The van der Waals surface area contributed by atoms with Crippen LogP contribution in [0.15, 0.2) is 33.9 Å². The Labute approximate surface area is 147 Å². The Bertz CT molecular complexity index is 790. The maximum atomic E-state index is 11.8. The van der Waals surface area contributed by atoms with Crippen LogP contribution in [0.4, 0.5) is 11.5 Å². The van der Waals surface area contributed by atoms with Crippen molar-refractivity contribution in [1.29, 1.82) is 0 Å². The summed E-state index contributed by atoms with van der Waals surface area (Å²) in [6, 6.07) is 6.32. The van der Waals surface area contributed by atoms with Crippen LogP contribution in [0, 0.1) is 6.92 Å². The molecule has 0 unspecified atom stereocenters. The molecular formula is C15H15ClN4O5. The maximum Gasteiger partial charge on any atom is 0.270 e. The van der Waals surface area contributed by atoms with Crippen molar-refractivity contribution < 1.29 is 23.7 Å². The highest BCUT2D eigenvalue weighted by Crippen LogP contribution is 2.27. The topological polar surface area (TPSA) is 115 Å². The fourth-order valence-corrected chi connectivity index (χ4v) is 1.90. The fourth-order valence-electron chi connectivity index (χ4n) is 1.73. The molecule has 0 saturated carbocycles. The third-order valence-electron chi connectivity index (χ3n) is 2.75. The van der Waals surface area contributed by atoms with Crippen molar-refractivity contribution >= 4 is 41.1 Å². The molecule has 9 nitrogen and oxygen atoms in total. The average molecular weight is 367 g/mol. The second-order valence-corrected chi connectivity index (χ2v) is 5.15. The summed E-state index contributed by atoms with van der Waals surface area (Å²) in [5.74, 6) is 0.188. The van der Waals surface area contributed by atoms with Crippen LogP contribution in [0.25, 0.3) is 0 Å². The zero-order valence-electron chi connectivity index (χ0n) is 13.4. The minimum absolute atomic E-state index is 0.265. The molecule has 0 saturated heterocycles. The number of oxime groups is 1. The number of amides is 2. The van der Waals surface area contributed by atoms with Gasteiger partial charge in [0.05, 0.1) is 12.8 Å². The Morgan fingerprint density at radius 3 is 2.84 bits per heavy atom. The highest BCUT2D eigenvalue weighted by atomic mass is 35.5. The lowest BCUT2D eigenvalue weighted by Gasteiger charge is -2.08. The first-order chi connectivity index (χ1) is 12.0. The number of aryl methyl sites for hydroxylation is 1. The van der Waals surface area contributed by atoms with Crippen molar-refractivity contribution in [1.82, 2.24) is 5.16 Å². The van der Waals surface area contributed by atoms with E-state index in [-0.39, 0.29) is 5.82 Å². The molecule has 0 aliphatic rings. The minimum atomic E-state index is -0.576. The summed E-state index contributed by atoms with van der Waals surface area (Å²) < 4.78 is 9.90.